The zero-order valence-corrected chi connectivity index (χ0v) is 14.0. The molecule has 1 aliphatic rings. The predicted octanol–water partition coefficient (Wildman–Crippen LogP) is 2.98. The fraction of sp³-hybridized carbons (Fsp3) is 0.500. The molecule has 114 valence electrons. The normalized spacial score (nSPS) is 17.2. The minimum absolute atomic E-state index is 0.0181. The summed E-state index contributed by atoms with van der Waals surface area (Å²) in [6.45, 7) is 0. The molecular formula is C16H20INO3. The molecule has 0 radical (unpaired) electrons. The van der Waals surface area contributed by atoms with Crippen LogP contribution in [0.1, 0.15) is 37.7 Å². The van der Waals surface area contributed by atoms with Crippen molar-refractivity contribution in [2.75, 3.05) is 0 Å². The number of carbonyl (C=O) groups is 2. The molecule has 1 aromatic rings. The van der Waals surface area contributed by atoms with Gasteiger partial charge in [-0.25, -0.2) is 4.79 Å². The lowest BCUT2D eigenvalue weighted by atomic mass is 9.88. The molecule has 0 heterocycles. The molecule has 2 rings (SSSR count). The molecule has 4 nitrogen and oxygen atoms in total. The number of aliphatic carboxylic acids is 1. The van der Waals surface area contributed by atoms with Gasteiger partial charge in [-0.05, 0) is 47.1 Å². The van der Waals surface area contributed by atoms with Crippen LogP contribution in [0.25, 0.3) is 0 Å². The molecule has 0 aromatic heterocycles. The van der Waals surface area contributed by atoms with Crippen LogP contribution < -0.4 is 5.32 Å². The van der Waals surface area contributed by atoms with Crippen LogP contribution >= 0.6 is 22.6 Å². The Hall–Kier alpha value is -1.11. The second-order valence-corrected chi connectivity index (χ2v) is 6.69. The van der Waals surface area contributed by atoms with E-state index in [0.29, 0.717) is 6.42 Å². The first-order chi connectivity index (χ1) is 10.1. The fourth-order valence-electron chi connectivity index (χ4n) is 2.74. The molecule has 0 saturated heterocycles. The Labute approximate surface area is 138 Å². The number of carboxylic acids is 1. The fourth-order valence-corrected chi connectivity index (χ4v) is 3.35. The number of amides is 1. The van der Waals surface area contributed by atoms with Crippen molar-refractivity contribution < 1.29 is 14.7 Å². The van der Waals surface area contributed by atoms with Gasteiger partial charge in [-0.1, -0.05) is 37.5 Å². The Morgan fingerprint density at radius 2 is 1.90 bits per heavy atom. The van der Waals surface area contributed by atoms with Crippen molar-refractivity contribution in [3.8, 4) is 0 Å². The summed E-state index contributed by atoms with van der Waals surface area (Å²) in [6.07, 6.45) is 5.38. The summed E-state index contributed by atoms with van der Waals surface area (Å²) >= 11 is 2.19. The Morgan fingerprint density at radius 3 is 2.52 bits per heavy atom. The molecule has 1 aliphatic carbocycles. The molecule has 2 N–H and O–H groups in total. The minimum atomic E-state index is -0.973. The standard InChI is InChI=1S/C16H20INO3/c17-13-9-5-4-8-12(13)10-14(16(20)21)18-15(19)11-6-2-1-3-7-11/h4-5,8-9,11,14H,1-3,6-7,10H2,(H,18,19)(H,20,21)/t14-/m0/s1. The Balaban J connectivity index is 2.00. The van der Waals surface area contributed by atoms with Gasteiger partial charge in [0.2, 0.25) is 5.91 Å². The van der Waals surface area contributed by atoms with E-state index < -0.39 is 12.0 Å². The first kappa shape index (κ1) is 16.3. The van der Waals surface area contributed by atoms with Crippen molar-refractivity contribution in [2.45, 2.75) is 44.6 Å². The zero-order valence-electron chi connectivity index (χ0n) is 11.8. The maximum Gasteiger partial charge on any atom is 0.326 e. The summed E-state index contributed by atoms with van der Waals surface area (Å²) < 4.78 is 1.02. The summed E-state index contributed by atoms with van der Waals surface area (Å²) in [4.78, 5) is 23.6. The van der Waals surface area contributed by atoms with Crippen molar-refractivity contribution in [1.29, 1.82) is 0 Å². The van der Waals surface area contributed by atoms with Crippen LogP contribution in [0.2, 0.25) is 0 Å². The van der Waals surface area contributed by atoms with E-state index in [1.807, 2.05) is 24.3 Å². The average Bonchev–Trinajstić information content (AvgIpc) is 2.49. The van der Waals surface area contributed by atoms with Crippen LogP contribution in [0, 0.1) is 9.49 Å². The van der Waals surface area contributed by atoms with Crippen molar-refractivity contribution in [2.24, 2.45) is 5.92 Å². The van der Waals surface area contributed by atoms with Gasteiger partial charge >= 0.3 is 5.97 Å². The Morgan fingerprint density at radius 1 is 1.24 bits per heavy atom. The molecular weight excluding hydrogens is 381 g/mol. The summed E-state index contributed by atoms with van der Waals surface area (Å²) in [5.41, 5.74) is 0.953. The summed E-state index contributed by atoms with van der Waals surface area (Å²) in [7, 11) is 0. The van der Waals surface area contributed by atoms with Gasteiger partial charge in [0.25, 0.3) is 0 Å². The molecule has 0 unspecified atom stereocenters. The lowest BCUT2D eigenvalue weighted by molar-refractivity contribution is -0.142. The largest absolute Gasteiger partial charge is 0.480 e. The van der Waals surface area contributed by atoms with Gasteiger partial charge in [-0.2, -0.15) is 0 Å². The van der Waals surface area contributed by atoms with Crippen LogP contribution in [-0.2, 0) is 16.0 Å². The minimum Gasteiger partial charge on any atom is -0.480 e. The van der Waals surface area contributed by atoms with E-state index in [2.05, 4.69) is 27.9 Å². The van der Waals surface area contributed by atoms with Crippen molar-refractivity contribution in [3.05, 3.63) is 33.4 Å². The maximum atomic E-state index is 12.2. The van der Waals surface area contributed by atoms with Crippen LogP contribution in [0.15, 0.2) is 24.3 Å². The first-order valence-electron chi connectivity index (χ1n) is 7.34. The third kappa shape index (κ3) is 4.69. The Bertz CT molecular complexity index is 512. The van der Waals surface area contributed by atoms with Crippen LogP contribution in [0.3, 0.4) is 0 Å². The number of nitrogens with one attached hydrogen (secondary N) is 1. The van der Waals surface area contributed by atoms with Gasteiger partial charge in [-0.15, -0.1) is 0 Å². The van der Waals surface area contributed by atoms with Crippen molar-refractivity contribution in [3.63, 3.8) is 0 Å². The molecule has 0 bridgehead atoms. The third-order valence-corrected chi connectivity index (χ3v) is 5.02. The van der Waals surface area contributed by atoms with Gasteiger partial charge in [-0.3, -0.25) is 4.79 Å². The lowest BCUT2D eigenvalue weighted by Gasteiger charge is -2.23. The molecule has 1 atom stereocenters. The van der Waals surface area contributed by atoms with Crippen molar-refractivity contribution in [1.82, 2.24) is 5.32 Å². The zero-order chi connectivity index (χ0) is 15.2. The third-order valence-electron chi connectivity index (χ3n) is 3.97. The molecule has 1 amide bonds. The summed E-state index contributed by atoms with van der Waals surface area (Å²) in [5.74, 6) is -1.10. The van der Waals surface area contributed by atoms with Crippen LogP contribution in [0.4, 0.5) is 0 Å². The SMILES string of the molecule is O=C(N[C@@H](Cc1ccccc1I)C(=O)O)C1CCCCC1. The van der Waals surface area contributed by atoms with E-state index in [0.717, 1.165) is 34.8 Å². The van der Waals surface area contributed by atoms with Crippen molar-refractivity contribution >= 4 is 34.5 Å². The number of benzene rings is 1. The van der Waals surface area contributed by atoms with E-state index in [4.69, 9.17) is 0 Å². The average molecular weight is 401 g/mol. The number of carbonyl (C=O) groups excluding carboxylic acids is 1. The second-order valence-electron chi connectivity index (χ2n) is 5.53. The topological polar surface area (TPSA) is 66.4 Å². The van der Waals surface area contributed by atoms with E-state index in [9.17, 15) is 14.7 Å². The highest BCUT2D eigenvalue weighted by atomic mass is 127. The Kier molecular flexibility index (Phi) is 6.02. The monoisotopic (exact) mass is 401 g/mol. The summed E-state index contributed by atoms with van der Waals surface area (Å²) in [5, 5.41) is 12.1. The number of carboxylic acid groups (broad SMARTS) is 1. The van der Waals surface area contributed by atoms with E-state index in [-0.39, 0.29) is 11.8 Å². The molecule has 0 spiro atoms. The number of hydrogen-bond donors (Lipinski definition) is 2. The molecule has 1 aromatic carbocycles. The number of halogens is 1. The molecule has 5 heteroatoms. The highest BCUT2D eigenvalue weighted by Crippen LogP contribution is 2.24. The molecule has 1 fully saturated rings. The van der Waals surface area contributed by atoms with Gasteiger partial charge in [0.15, 0.2) is 0 Å². The molecule has 0 aliphatic heterocycles. The number of rotatable bonds is 5. The van der Waals surface area contributed by atoms with E-state index >= 15 is 0 Å². The van der Waals surface area contributed by atoms with Gasteiger partial charge in [0, 0.05) is 15.9 Å². The van der Waals surface area contributed by atoms with Crippen LogP contribution in [-0.4, -0.2) is 23.0 Å². The first-order valence-corrected chi connectivity index (χ1v) is 8.42. The number of hydrogen-bond acceptors (Lipinski definition) is 2. The summed E-state index contributed by atoms with van der Waals surface area (Å²) in [6, 6.07) is 6.80. The lowest BCUT2D eigenvalue weighted by Crippen LogP contribution is -2.45. The van der Waals surface area contributed by atoms with E-state index in [1.165, 1.54) is 6.42 Å². The smallest absolute Gasteiger partial charge is 0.326 e. The van der Waals surface area contributed by atoms with Gasteiger partial charge < -0.3 is 10.4 Å². The van der Waals surface area contributed by atoms with E-state index in [1.54, 1.807) is 0 Å². The highest BCUT2D eigenvalue weighted by Gasteiger charge is 2.26. The highest BCUT2D eigenvalue weighted by molar-refractivity contribution is 14.1. The second kappa shape index (κ2) is 7.77. The predicted molar refractivity (Wildman–Crippen MR) is 89.0 cm³/mol. The van der Waals surface area contributed by atoms with Crippen LogP contribution in [0.5, 0.6) is 0 Å². The molecule has 21 heavy (non-hydrogen) atoms. The maximum absolute atomic E-state index is 12.2. The van der Waals surface area contributed by atoms with Gasteiger partial charge in [0.1, 0.15) is 6.04 Å². The van der Waals surface area contributed by atoms with Gasteiger partial charge in [0.05, 0.1) is 0 Å². The molecule has 1 saturated carbocycles. The quantitative estimate of drug-likeness (QED) is 0.746.